The highest BCUT2D eigenvalue weighted by Gasteiger charge is 2.25. The van der Waals surface area contributed by atoms with E-state index in [1.165, 1.54) is 34.8 Å². The van der Waals surface area contributed by atoms with Gasteiger partial charge >= 0.3 is 5.97 Å². The van der Waals surface area contributed by atoms with Crippen molar-refractivity contribution < 1.29 is 26.4 Å². The molecule has 2 N–H and O–H groups in total. The van der Waals surface area contributed by atoms with E-state index in [0.29, 0.717) is 22.6 Å². The van der Waals surface area contributed by atoms with Crippen molar-refractivity contribution in [3.05, 3.63) is 76.2 Å². The summed E-state index contributed by atoms with van der Waals surface area (Å²) in [4.78, 5) is 22.5. The van der Waals surface area contributed by atoms with Crippen molar-refractivity contribution in [2.24, 2.45) is 5.92 Å². The molecule has 4 aromatic rings. The van der Waals surface area contributed by atoms with Crippen molar-refractivity contribution in [1.82, 2.24) is 9.97 Å². The standard InChI is InChI=1S/C20H27N3O4S2.C9H7BrN2O2S2/c1-20(2,3)27-18(24)14-15-8-11-23(12-9-15)16-4-6-17(7-5-16)29(25,26)22-19-21-10-13-28-19;10-7-1-3-8(4-2-7)16(13,14)12-9-11-5-6-15-9/h4-7,10,13,15H,8-9,11-12,14H2,1-3H3,(H,21,22);1-6H,(H,11,12). The third-order valence-electron chi connectivity index (χ3n) is 6.43. The van der Waals surface area contributed by atoms with E-state index >= 15 is 0 Å². The summed E-state index contributed by atoms with van der Waals surface area (Å²) < 4.78 is 59.7. The molecule has 3 heterocycles. The second-order valence-electron chi connectivity index (χ2n) is 11.1. The molecule has 0 aliphatic carbocycles. The SMILES string of the molecule is CC(C)(C)OC(=O)CC1CCN(c2ccc(S(=O)(=O)Nc3nccs3)cc2)CC1.O=S(=O)(Nc1nccs1)c1ccc(Br)cc1. The van der Waals surface area contributed by atoms with Gasteiger partial charge in [-0.1, -0.05) is 15.9 Å². The van der Waals surface area contributed by atoms with Crippen LogP contribution in [0.3, 0.4) is 0 Å². The fourth-order valence-electron chi connectivity index (χ4n) is 4.36. The number of hydrogen-bond acceptors (Lipinski definition) is 11. The number of sulfonamides is 2. The second-order valence-corrected chi connectivity index (χ2v) is 17.1. The summed E-state index contributed by atoms with van der Waals surface area (Å²) in [6, 6.07) is 13.3. The van der Waals surface area contributed by atoms with Crippen molar-refractivity contribution in [1.29, 1.82) is 0 Å². The van der Waals surface area contributed by atoms with Crippen molar-refractivity contribution >= 4 is 80.6 Å². The van der Waals surface area contributed by atoms with Gasteiger partial charge in [-0.25, -0.2) is 26.8 Å². The molecule has 0 atom stereocenters. The van der Waals surface area contributed by atoms with E-state index in [4.69, 9.17) is 4.74 Å². The van der Waals surface area contributed by atoms with E-state index < -0.39 is 25.6 Å². The summed E-state index contributed by atoms with van der Waals surface area (Å²) in [5.74, 6) is 0.182. The van der Waals surface area contributed by atoms with Crippen molar-refractivity contribution in [2.45, 2.75) is 55.4 Å². The molecule has 0 bridgehead atoms. The lowest BCUT2D eigenvalue weighted by molar-refractivity contribution is -0.156. The molecule has 1 fully saturated rings. The lowest BCUT2D eigenvalue weighted by atomic mass is 9.93. The van der Waals surface area contributed by atoms with Crippen LogP contribution >= 0.6 is 38.6 Å². The monoisotopic (exact) mass is 755 g/mol. The average Bonchev–Trinajstić information content (AvgIpc) is 3.67. The molecule has 242 valence electrons. The predicted molar refractivity (Wildman–Crippen MR) is 182 cm³/mol. The van der Waals surface area contributed by atoms with Gasteiger partial charge in [-0.3, -0.25) is 14.2 Å². The van der Waals surface area contributed by atoms with Gasteiger partial charge in [-0.05, 0) is 88.1 Å². The zero-order valence-electron chi connectivity index (χ0n) is 24.8. The molecule has 5 rings (SSSR count). The van der Waals surface area contributed by atoms with Gasteiger partial charge in [-0.2, -0.15) is 0 Å². The number of benzene rings is 2. The Morgan fingerprint density at radius 1 is 0.867 bits per heavy atom. The Hall–Kier alpha value is -3.05. The van der Waals surface area contributed by atoms with Crippen LogP contribution in [0, 0.1) is 5.92 Å². The van der Waals surface area contributed by atoms with Crippen LogP contribution in [0.5, 0.6) is 0 Å². The molecular weight excluding hydrogens is 723 g/mol. The van der Waals surface area contributed by atoms with Crippen molar-refractivity contribution in [2.75, 3.05) is 27.4 Å². The number of nitrogens with one attached hydrogen (secondary N) is 2. The summed E-state index contributed by atoms with van der Waals surface area (Å²) in [5, 5.41) is 4.14. The maximum atomic E-state index is 12.4. The number of hydrogen-bond donors (Lipinski definition) is 2. The number of rotatable bonds is 9. The summed E-state index contributed by atoms with van der Waals surface area (Å²) in [6.45, 7) is 7.30. The molecule has 0 radical (unpaired) electrons. The molecule has 16 heteroatoms. The smallest absolute Gasteiger partial charge is 0.306 e. The molecule has 2 aromatic heterocycles. The molecule has 1 saturated heterocycles. The zero-order chi connectivity index (χ0) is 32.7. The van der Waals surface area contributed by atoms with Gasteiger partial charge in [0.1, 0.15) is 5.60 Å². The van der Waals surface area contributed by atoms with Crippen LogP contribution in [0.15, 0.2) is 85.9 Å². The first-order valence-electron chi connectivity index (χ1n) is 13.9. The second kappa shape index (κ2) is 15.0. The lowest BCUT2D eigenvalue weighted by Gasteiger charge is -2.33. The molecule has 0 unspecified atom stereocenters. The molecule has 11 nitrogen and oxygen atoms in total. The van der Waals surface area contributed by atoms with E-state index in [-0.39, 0.29) is 15.8 Å². The molecule has 0 spiro atoms. The number of aromatic nitrogens is 2. The van der Waals surface area contributed by atoms with E-state index in [1.54, 1.807) is 47.4 Å². The normalized spacial score (nSPS) is 14.3. The Labute approximate surface area is 280 Å². The molecular formula is C29H34BrN5O6S4. The first kappa shape index (κ1) is 34.8. The summed E-state index contributed by atoms with van der Waals surface area (Å²) in [5.41, 5.74) is 0.530. The third-order valence-corrected chi connectivity index (χ3v) is 11.3. The van der Waals surface area contributed by atoms with Crippen LogP contribution in [0.4, 0.5) is 16.0 Å². The van der Waals surface area contributed by atoms with Crippen LogP contribution in [0.1, 0.15) is 40.0 Å². The molecule has 1 aliphatic rings. The number of anilines is 3. The minimum atomic E-state index is -3.64. The molecule has 2 aromatic carbocycles. The molecule has 0 amide bonds. The maximum Gasteiger partial charge on any atom is 0.306 e. The van der Waals surface area contributed by atoms with Gasteiger partial charge in [0.15, 0.2) is 10.3 Å². The molecule has 1 aliphatic heterocycles. The van der Waals surface area contributed by atoms with Gasteiger partial charge < -0.3 is 9.64 Å². The number of halogens is 1. The highest BCUT2D eigenvalue weighted by atomic mass is 79.9. The number of ether oxygens (including phenoxy) is 1. The van der Waals surface area contributed by atoms with Crippen LogP contribution in [0.2, 0.25) is 0 Å². The van der Waals surface area contributed by atoms with Crippen LogP contribution < -0.4 is 14.3 Å². The largest absolute Gasteiger partial charge is 0.460 e. The topological polar surface area (TPSA) is 148 Å². The predicted octanol–water partition coefficient (Wildman–Crippen LogP) is 6.60. The number of esters is 1. The minimum Gasteiger partial charge on any atom is -0.460 e. The fraction of sp³-hybridized carbons (Fsp3) is 0.345. The van der Waals surface area contributed by atoms with Crippen molar-refractivity contribution in [3.8, 4) is 0 Å². The number of nitrogens with zero attached hydrogens (tertiary/aromatic N) is 3. The number of carbonyl (C=O) groups is 1. The van der Waals surface area contributed by atoms with E-state index in [0.717, 1.165) is 36.1 Å². The average molecular weight is 757 g/mol. The summed E-state index contributed by atoms with van der Waals surface area (Å²) >= 11 is 5.72. The van der Waals surface area contributed by atoms with Crippen LogP contribution in [-0.4, -0.2) is 51.5 Å². The number of piperidine rings is 1. The Morgan fingerprint density at radius 2 is 1.33 bits per heavy atom. The number of thiazole rings is 2. The lowest BCUT2D eigenvalue weighted by Crippen LogP contribution is -2.35. The van der Waals surface area contributed by atoms with Crippen molar-refractivity contribution in [3.63, 3.8) is 0 Å². The molecule has 45 heavy (non-hydrogen) atoms. The van der Waals surface area contributed by atoms with Gasteiger partial charge in [-0.15, -0.1) is 22.7 Å². The van der Waals surface area contributed by atoms with Gasteiger partial charge in [0.05, 0.1) is 9.79 Å². The first-order chi connectivity index (χ1) is 21.2. The Kier molecular flexibility index (Phi) is 11.6. The van der Waals surface area contributed by atoms with E-state index in [1.807, 2.05) is 32.9 Å². The highest BCUT2D eigenvalue weighted by molar-refractivity contribution is 9.10. The first-order valence-corrected chi connectivity index (χ1v) is 19.4. The fourth-order valence-corrected chi connectivity index (χ4v) is 8.20. The number of carbonyl (C=O) groups excluding carboxylic acids is 1. The van der Waals surface area contributed by atoms with Crippen LogP contribution in [0.25, 0.3) is 0 Å². The van der Waals surface area contributed by atoms with Gasteiger partial charge in [0, 0.05) is 52.8 Å². The van der Waals surface area contributed by atoms with Gasteiger partial charge in [0.2, 0.25) is 0 Å². The van der Waals surface area contributed by atoms with Gasteiger partial charge in [0.25, 0.3) is 20.0 Å². The zero-order valence-corrected chi connectivity index (χ0v) is 29.7. The van der Waals surface area contributed by atoms with Crippen LogP contribution in [-0.2, 0) is 29.6 Å². The summed E-state index contributed by atoms with van der Waals surface area (Å²) in [6.07, 6.45) is 5.36. The Bertz CT molecular complexity index is 1730. The minimum absolute atomic E-state index is 0.141. The Balaban J connectivity index is 0.000000242. The highest BCUT2D eigenvalue weighted by Crippen LogP contribution is 2.28. The van der Waals surface area contributed by atoms with E-state index in [9.17, 15) is 21.6 Å². The molecule has 0 saturated carbocycles. The maximum absolute atomic E-state index is 12.4. The quantitative estimate of drug-likeness (QED) is 0.180. The van der Waals surface area contributed by atoms with E-state index in [2.05, 4.69) is 40.2 Å². The Morgan fingerprint density at radius 3 is 1.76 bits per heavy atom. The summed E-state index contributed by atoms with van der Waals surface area (Å²) in [7, 11) is -7.16. The third kappa shape index (κ3) is 10.8.